The second-order valence-electron chi connectivity index (χ2n) is 5.79. The minimum absolute atomic E-state index is 0.308. The van der Waals surface area contributed by atoms with Gasteiger partial charge in [0, 0.05) is 23.0 Å². The minimum Gasteiger partial charge on any atom is -0.490 e. The lowest BCUT2D eigenvalue weighted by atomic mass is 9.92. The predicted octanol–water partition coefficient (Wildman–Crippen LogP) is 4.58. The van der Waals surface area contributed by atoms with E-state index in [1.165, 1.54) is 5.56 Å². The summed E-state index contributed by atoms with van der Waals surface area (Å²) in [5.41, 5.74) is 1.21. The number of hydrogen-bond acceptors (Lipinski definition) is 2. The molecule has 2 unspecified atom stereocenters. The van der Waals surface area contributed by atoms with E-state index in [-0.39, 0.29) is 0 Å². The topological polar surface area (TPSA) is 21.3 Å². The highest BCUT2D eigenvalue weighted by Crippen LogP contribution is 2.37. The Kier molecular flexibility index (Phi) is 5.12. The number of nitrogens with one attached hydrogen (secondary N) is 1. The Labute approximate surface area is 121 Å². The van der Waals surface area contributed by atoms with Crippen molar-refractivity contribution in [3.8, 4) is 5.75 Å². The Morgan fingerprint density at radius 1 is 1.42 bits per heavy atom. The first kappa shape index (κ1) is 14.7. The summed E-state index contributed by atoms with van der Waals surface area (Å²) in [5.74, 6) is 1.65. The summed E-state index contributed by atoms with van der Waals surface area (Å²) in [5, 5.41) is 4.40. The second kappa shape index (κ2) is 6.62. The second-order valence-corrected chi connectivity index (χ2v) is 6.23. The van der Waals surface area contributed by atoms with Crippen LogP contribution in [-0.4, -0.2) is 12.6 Å². The van der Waals surface area contributed by atoms with Crippen LogP contribution >= 0.6 is 11.6 Å². The van der Waals surface area contributed by atoms with Crippen LogP contribution in [0.25, 0.3) is 0 Å². The molecule has 0 aliphatic carbocycles. The maximum atomic E-state index is 6.11. The molecule has 2 atom stereocenters. The standard InChI is InChI=1S/C16H24ClNO/c1-4-7-18-15-10-13(8-11(2)3)19-16-6-5-12(17)9-14(15)16/h5-6,9,11,13,15,18H,4,7-8,10H2,1-3H3. The molecule has 0 bridgehead atoms. The summed E-state index contributed by atoms with van der Waals surface area (Å²) in [6.07, 6.45) is 3.59. The van der Waals surface area contributed by atoms with E-state index in [1.54, 1.807) is 0 Å². The number of hydrogen-bond donors (Lipinski definition) is 1. The smallest absolute Gasteiger partial charge is 0.124 e. The van der Waals surface area contributed by atoms with Gasteiger partial charge in [-0.1, -0.05) is 32.4 Å². The van der Waals surface area contributed by atoms with E-state index in [1.807, 2.05) is 18.2 Å². The van der Waals surface area contributed by atoms with Crippen molar-refractivity contribution in [1.82, 2.24) is 5.32 Å². The molecule has 0 fully saturated rings. The zero-order valence-corrected chi connectivity index (χ0v) is 12.8. The van der Waals surface area contributed by atoms with Crippen LogP contribution in [0.4, 0.5) is 0 Å². The van der Waals surface area contributed by atoms with Gasteiger partial charge in [0.05, 0.1) is 0 Å². The van der Waals surface area contributed by atoms with E-state index in [2.05, 4.69) is 26.1 Å². The van der Waals surface area contributed by atoms with E-state index in [9.17, 15) is 0 Å². The van der Waals surface area contributed by atoms with Gasteiger partial charge in [-0.05, 0) is 43.5 Å². The zero-order valence-electron chi connectivity index (χ0n) is 12.1. The highest BCUT2D eigenvalue weighted by molar-refractivity contribution is 6.30. The van der Waals surface area contributed by atoms with E-state index < -0.39 is 0 Å². The first-order valence-electron chi connectivity index (χ1n) is 7.29. The van der Waals surface area contributed by atoms with Gasteiger partial charge in [0.15, 0.2) is 0 Å². The molecule has 2 nitrogen and oxygen atoms in total. The van der Waals surface area contributed by atoms with Crippen LogP contribution in [0.5, 0.6) is 5.75 Å². The number of ether oxygens (including phenoxy) is 1. The fourth-order valence-corrected chi connectivity index (χ4v) is 2.88. The van der Waals surface area contributed by atoms with Gasteiger partial charge in [0.1, 0.15) is 11.9 Å². The molecule has 0 aromatic heterocycles. The van der Waals surface area contributed by atoms with Crippen LogP contribution in [0.2, 0.25) is 5.02 Å². The Morgan fingerprint density at radius 2 is 2.21 bits per heavy atom. The Hall–Kier alpha value is -0.730. The number of halogens is 1. The first-order valence-corrected chi connectivity index (χ1v) is 7.67. The van der Waals surface area contributed by atoms with Crippen molar-refractivity contribution in [3.05, 3.63) is 28.8 Å². The lowest BCUT2D eigenvalue weighted by Crippen LogP contribution is -2.34. The number of benzene rings is 1. The van der Waals surface area contributed by atoms with E-state index in [0.717, 1.165) is 36.6 Å². The lowest BCUT2D eigenvalue weighted by molar-refractivity contribution is 0.128. The van der Waals surface area contributed by atoms with Crippen molar-refractivity contribution in [3.63, 3.8) is 0 Å². The molecule has 1 aromatic carbocycles. The monoisotopic (exact) mass is 281 g/mol. The van der Waals surface area contributed by atoms with E-state index in [0.29, 0.717) is 18.1 Å². The van der Waals surface area contributed by atoms with Crippen LogP contribution in [0.1, 0.15) is 51.6 Å². The summed E-state index contributed by atoms with van der Waals surface area (Å²) < 4.78 is 6.11. The average Bonchev–Trinajstić information content (AvgIpc) is 2.35. The van der Waals surface area contributed by atoms with Crippen molar-refractivity contribution in [1.29, 1.82) is 0 Å². The first-order chi connectivity index (χ1) is 9.10. The van der Waals surface area contributed by atoms with Gasteiger partial charge in [-0.15, -0.1) is 0 Å². The normalized spacial score (nSPS) is 22.2. The summed E-state index contributed by atoms with van der Waals surface area (Å²) in [6.45, 7) is 7.71. The van der Waals surface area contributed by atoms with Crippen LogP contribution < -0.4 is 10.1 Å². The van der Waals surface area contributed by atoms with Gasteiger partial charge < -0.3 is 10.1 Å². The van der Waals surface area contributed by atoms with Crippen LogP contribution in [0.3, 0.4) is 0 Å². The summed E-state index contributed by atoms with van der Waals surface area (Å²) in [6, 6.07) is 6.32. The molecule has 1 heterocycles. The van der Waals surface area contributed by atoms with Gasteiger partial charge in [-0.2, -0.15) is 0 Å². The fourth-order valence-electron chi connectivity index (χ4n) is 2.70. The third kappa shape index (κ3) is 3.87. The molecule has 1 N–H and O–H groups in total. The van der Waals surface area contributed by atoms with Crippen LogP contribution in [0, 0.1) is 5.92 Å². The summed E-state index contributed by atoms with van der Waals surface area (Å²) in [4.78, 5) is 0. The van der Waals surface area contributed by atoms with Gasteiger partial charge in [-0.3, -0.25) is 0 Å². The Bertz CT molecular complexity index is 419. The molecule has 3 heteroatoms. The molecule has 0 amide bonds. The van der Waals surface area contributed by atoms with Crippen LogP contribution in [-0.2, 0) is 0 Å². The molecule has 0 radical (unpaired) electrons. The van der Waals surface area contributed by atoms with E-state index in [4.69, 9.17) is 16.3 Å². The molecule has 0 saturated carbocycles. The molecule has 1 aromatic rings. The van der Waals surface area contributed by atoms with Crippen molar-refractivity contribution in [2.24, 2.45) is 5.92 Å². The van der Waals surface area contributed by atoms with Gasteiger partial charge in [0.2, 0.25) is 0 Å². The molecule has 0 spiro atoms. The zero-order chi connectivity index (χ0) is 13.8. The lowest BCUT2D eigenvalue weighted by Gasteiger charge is -2.33. The van der Waals surface area contributed by atoms with Crippen LogP contribution in [0.15, 0.2) is 18.2 Å². The molecule has 106 valence electrons. The van der Waals surface area contributed by atoms with Gasteiger partial charge in [0.25, 0.3) is 0 Å². The molecular formula is C16H24ClNO. The molecule has 1 aliphatic heterocycles. The Morgan fingerprint density at radius 3 is 2.89 bits per heavy atom. The predicted molar refractivity (Wildman–Crippen MR) is 81.0 cm³/mol. The number of fused-ring (bicyclic) bond motifs is 1. The summed E-state index contributed by atoms with van der Waals surface area (Å²) >= 11 is 6.11. The quantitative estimate of drug-likeness (QED) is 0.853. The molecule has 19 heavy (non-hydrogen) atoms. The van der Waals surface area contributed by atoms with Gasteiger partial charge in [-0.25, -0.2) is 0 Å². The molecule has 0 saturated heterocycles. The molecule has 2 rings (SSSR count). The SMILES string of the molecule is CCCNC1CC(CC(C)C)Oc2ccc(Cl)cc21. The molecular weight excluding hydrogens is 258 g/mol. The van der Waals surface area contributed by atoms with Crippen molar-refractivity contribution in [2.45, 2.75) is 52.2 Å². The van der Waals surface area contributed by atoms with Gasteiger partial charge >= 0.3 is 0 Å². The van der Waals surface area contributed by atoms with E-state index >= 15 is 0 Å². The highest BCUT2D eigenvalue weighted by Gasteiger charge is 2.28. The van der Waals surface area contributed by atoms with Crippen molar-refractivity contribution >= 4 is 11.6 Å². The minimum atomic E-state index is 0.308. The van der Waals surface area contributed by atoms with Crippen molar-refractivity contribution < 1.29 is 4.74 Å². The third-order valence-corrected chi connectivity index (χ3v) is 3.75. The largest absolute Gasteiger partial charge is 0.490 e. The fraction of sp³-hybridized carbons (Fsp3) is 0.625. The maximum absolute atomic E-state index is 6.11. The number of rotatable bonds is 5. The average molecular weight is 282 g/mol. The third-order valence-electron chi connectivity index (χ3n) is 3.51. The molecule has 1 aliphatic rings. The Balaban J connectivity index is 2.19. The highest BCUT2D eigenvalue weighted by atomic mass is 35.5. The maximum Gasteiger partial charge on any atom is 0.124 e. The van der Waals surface area contributed by atoms with Crippen molar-refractivity contribution in [2.75, 3.05) is 6.54 Å². The summed E-state index contributed by atoms with van der Waals surface area (Å²) in [7, 11) is 0.